The molecule has 1 aliphatic rings. The summed E-state index contributed by atoms with van der Waals surface area (Å²) in [5.41, 5.74) is 0.720. The number of imidazole rings is 1. The maximum Gasteiger partial charge on any atom is 0.315 e. The van der Waals surface area contributed by atoms with Gasteiger partial charge in [0.05, 0.1) is 11.9 Å². The molecule has 0 amide bonds. The number of carboxylic acids is 1. The fourth-order valence-electron chi connectivity index (χ4n) is 2.15. The van der Waals surface area contributed by atoms with Crippen LogP contribution in [0.25, 0.3) is 5.65 Å². The van der Waals surface area contributed by atoms with Crippen molar-refractivity contribution in [2.45, 2.75) is 24.7 Å². The second kappa shape index (κ2) is 2.62. The molecule has 1 saturated carbocycles. The molecule has 0 saturated heterocycles. The molecular weight excluding hydrogens is 194 g/mol. The molecule has 0 aliphatic heterocycles. The van der Waals surface area contributed by atoms with Gasteiger partial charge in [0.25, 0.3) is 0 Å². The van der Waals surface area contributed by atoms with E-state index in [1.807, 2.05) is 6.07 Å². The predicted molar refractivity (Wildman–Crippen MR) is 52.7 cm³/mol. The highest BCUT2D eigenvalue weighted by Gasteiger charge is 2.47. The molecule has 2 heterocycles. The van der Waals surface area contributed by atoms with E-state index in [0.29, 0.717) is 18.5 Å². The summed E-state index contributed by atoms with van der Waals surface area (Å²) in [7, 11) is 0. The molecule has 5 heteroatoms. The number of carbonyl (C=O) groups is 1. The van der Waals surface area contributed by atoms with Crippen molar-refractivity contribution in [3.8, 4) is 0 Å². The van der Waals surface area contributed by atoms with Crippen molar-refractivity contribution in [1.29, 1.82) is 0 Å². The number of hydrogen-bond donors (Lipinski definition) is 2. The van der Waals surface area contributed by atoms with Crippen molar-refractivity contribution < 1.29 is 9.90 Å². The smallest absolute Gasteiger partial charge is 0.315 e. The van der Waals surface area contributed by atoms with Gasteiger partial charge in [0.1, 0.15) is 5.41 Å². The molecular formula is C10H11N3O2. The molecule has 1 fully saturated rings. The van der Waals surface area contributed by atoms with E-state index in [9.17, 15) is 9.90 Å². The summed E-state index contributed by atoms with van der Waals surface area (Å²) >= 11 is 0. The first-order chi connectivity index (χ1) is 7.22. The SMILES string of the molecule is O=C(O)C1(c2cn3[nH]ccc3n2)CCC1. The number of nitrogens with one attached hydrogen (secondary N) is 1. The molecule has 2 aromatic rings. The maximum absolute atomic E-state index is 11.2. The van der Waals surface area contributed by atoms with Crippen LogP contribution in [0.5, 0.6) is 0 Å². The lowest BCUT2D eigenvalue weighted by Crippen LogP contribution is -2.42. The zero-order valence-electron chi connectivity index (χ0n) is 8.10. The number of fused-ring (bicyclic) bond motifs is 1. The molecule has 0 radical (unpaired) electrons. The Morgan fingerprint density at radius 3 is 2.93 bits per heavy atom. The summed E-state index contributed by atoms with van der Waals surface area (Å²) in [6.07, 6.45) is 5.92. The number of H-pyrrole nitrogens is 1. The highest BCUT2D eigenvalue weighted by molar-refractivity contribution is 5.82. The van der Waals surface area contributed by atoms with Gasteiger partial charge in [-0.2, -0.15) is 0 Å². The zero-order valence-corrected chi connectivity index (χ0v) is 8.10. The number of nitrogens with zero attached hydrogens (tertiary/aromatic N) is 2. The number of hydrogen-bond acceptors (Lipinski definition) is 2. The van der Waals surface area contributed by atoms with Crippen molar-refractivity contribution in [2.24, 2.45) is 0 Å². The van der Waals surface area contributed by atoms with E-state index in [2.05, 4.69) is 10.1 Å². The zero-order chi connectivity index (χ0) is 10.5. The van der Waals surface area contributed by atoms with Crippen LogP contribution >= 0.6 is 0 Å². The van der Waals surface area contributed by atoms with Crippen LogP contribution in [0.15, 0.2) is 18.5 Å². The first-order valence-electron chi connectivity index (χ1n) is 4.99. The first-order valence-corrected chi connectivity index (χ1v) is 4.99. The third-order valence-electron chi connectivity index (χ3n) is 3.29. The van der Waals surface area contributed by atoms with Crippen molar-refractivity contribution in [2.75, 3.05) is 0 Å². The predicted octanol–water partition coefficient (Wildman–Crippen LogP) is 1.17. The van der Waals surface area contributed by atoms with Gasteiger partial charge in [0.15, 0.2) is 5.65 Å². The Bertz CT molecular complexity index is 493. The molecule has 0 unspecified atom stereocenters. The minimum absolute atomic E-state index is 0.674. The molecule has 0 spiro atoms. The van der Waals surface area contributed by atoms with Crippen LogP contribution in [0.3, 0.4) is 0 Å². The van der Waals surface area contributed by atoms with Crippen LogP contribution in [-0.2, 0) is 10.2 Å². The summed E-state index contributed by atoms with van der Waals surface area (Å²) < 4.78 is 1.75. The molecule has 0 atom stereocenters. The normalized spacial score (nSPS) is 18.9. The average molecular weight is 205 g/mol. The number of rotatable bonds is 2. The Morgan fingerprint density at radius 2 is 2.40 bits per heavy atom. The van der Waals surface area contributed by atoms with Gasteiger partial charge >= 0.3 is 5.97 Å². The second-order valence-corrected chi connectivity index (χ2v) is 4.06. The highest BCUT2D eigenvalue weighted by atomic mass is 16.4. The minimum atomic E-state index is -0.755. The van der Waals surface area contributed by atoms with Gasteiger partial charge in [-0.3, -0.25) is 4.79 Å². The van der Waals surface area contributed by atoms with E-state index >= 15 is 0 Å². The maximum atomic E-state index is 11.2. The number of aromatic amines is 1. The van der Waals surface area contributed by atoms with E-state index < -0.39 is 11.4 Å². The average Bonchev–Trinajstić information content (AvgIpc) is 2.59. The third-order valence-corrected chi connectivity index (χ3v) is 3.29. The van der Waals surface area contributed by atoms with E-state index in [-0.39, 0.29) is 0 Å². The number of aromatic nitrogens is 3. The van der Waals surface area contributed by atoms with Crippen LogP contribution in [0.4, 0.5) is 0 Å². The lowest BCUT2D eigenvalue weighted by Gasteiger charge is -2.35. The standard InChI is InChI=1S/C10H11N3O2/c14-9(15)10(3-1-4-10)7-6-13-8(12-7)2-5-11-13/h2,5-6,11H,1,3-4H2,(H,14,15). The Kier molecular flexibility index (Phi) is 1.49. The van der Waals surface area contributed by atoms with E-state index in [1.54, 1.807) is 16.9 Å². The molecule has 2 aromatic heterocycles. The fraction of sp³-hybridized carbons (Fsp3) is 0.400. The summed E-state index contributed by atoms with van der Waals surface area (Å²) in [5, 5.41) is 12.2. The molecule has 2 N–H and O–H groups in total. The van der Waals surface area contributed by atoms with E-state index in [1.165, 1.54) is 0 Å². The van der Waals surface area contributed by atoms with Crippen LogP contribution in [-0.4, -0.2) is 25.7 Å². The van der Waals surface area contributed by atoms with Gasteiger partial charge in [0, 0.05) is 12.3 Å². The third kappa shape index (κ3) is 0.973. The lowest BCUT2D eigenvalue weighted by atomic mass is 9.67. The van der Waals surface area contributed by atoms with E-state index in [0.717, 1.165) is 12.1 Å². The lowest BCUT2D eigenvalue weighted by molar-refractivity contribution is -0.147. The van der Waals surface area contributed by atoms with Crippen LogP contribution in [0, 0.1) is 0 Å². The van der Waals surface area contributed by atoms with Crippen LogP contribution in [0.1, 0.15) is 25.0 Å². The van der Waals surface area contributed by atoms with Gasteiger partial charge in [-0.05, 0) is 12.8 Å². The van der Waals surface area contributed by atoms with Crippen LogP contribution in [0.2, 0.25) is 0 Å². The molecule has 15 heavy (non-hydrogen) atoms. The minimum Gasteiger partial charge on any atom is -0.481 e. The molecule has 78 valence electrons. The second-order valence-electron chi connectivity index (χ2n) is 4.06. The molecule has 0 bridgehead atoms. The summed E-state index contributed by atoms with van der Waals surface area (Å²) in [5.74, 6) is -0.755. The largest absolute Gasteiger partial charge is 0.481 e. The van der Waals surface area contributed by atoms with Gasteiger partial charge < -0.3 is 10.2 Å². The fourth-order valence-corrected chi connectivity index (χ4v) is 2.15. The summed E-state index contributed by atoms with van der Waals surface area (Å²) in [6, 6.07) is 1.83. The van der Waals surface area contributed by atoms with Crippen molar-refractivity contribution >= 4 is 11.6 Å². The van der Waals surface area contributed by atoms with Crippen LogP contribution < -0.4 is 0 Å². The Hall–Kier alpha value is -1.78. The topological polar surface area (TPSA) is 70.4 Å². The molecule has 3 rings (SSSR count). The molecule has 5 nitrogen and oxygen atoms in total. The number of carboxylic acid groups (broad SMARTS) is 1. The molecule has 0 aromatic carbocycles. The highest BCUT2D eigenvalue weighted by Crippen LogP contribution is 2.43. The van der Waals surface area contributed by atoms with Gasteiger partial charge in [-0.25, -0.2) is 9.50 Å². The van der Waals surface area contributed by atoms with Crippen molar-refractivity contribution in [1.82, 2.24) is 14.6 Å². The Balaban J connectivity index is 2.12. The monoisotopic (exact) mass is 205 g/mol. The van der Waals surface area contributed by atoms with Crippen molar-refractivity contribution in [3.63, 3.8) is 0 Å². The summed E-state index contributed by atoms with van der Waals surface area (Å²) in [6.45, 7) is 0. The first kappa shape index (κ1) is 8.52. The van der Waals surface area contributed by atoms with Gasteiger partial charge in [-0.1, -0.05) is 6.42 Å². The quantitative estimate of drug-likeness (QED) is 0.773. The Labute approximate surface area is 85.7 Å². The van der Waals surface area contributed by atoms with Gasteiger partial charge in [0.2, 0.25) is 0 Å². The number of aliphatic carboxylic acids is 1. The van der Waals surface area contributed by atoms with Crippen molar-refractivity contribution in [3.05, 3.63) is 24.2 Å². The Morgan fingerprint density at radius 1 is 1.60 bits per heavy atom. The van der Waals surface area contributed by atoms with Gasteiger partial charge in [-0.15, -0.1) is 0 Å². The molecule has 1 aliphatic carbocycles. The van der Waals surface area contributed by atoms with E-state index in [4.69, 9.17) is 0 Å². The summed E-state index contributed by atoms with van der Waals surface area (Å²) in [4.78, 5) is 15.6.